The molecule has 4 nitrogen and oxygen atoms in total. The Labute approximate surface area is 236 Å². The summed E-state index contributed by atoms with van der Waals surface area (Å²) in [6.45, 7) is 6.68. The third-order valence-electron chi connectivity index (χ3n) is 8.05. The third-order valence-corrected chi connectivity index (χ3v) is 8.05. The Hall–Kier alpha value is -3.06. The first kappa shape index (κ1) is 30.5. The van der Waals surface area contributed by atoms with Crippen molar-refractivity contribution in [1.29, 1.82) is 5.26 Å². The van der Waals surface area contributed by atoms with Crippen LogP contribution in [0, 0.1) is 23.2 Å². The zero-order chi connectivity index (χ0) is 27.7. The number of carbonyl (C=O) groups excluding carboxylic acids is 1. The van der Waals surface area contributed by atoms with Gasteiger partial charge in [0.15, 0.2) is 0 Å². The van der Waals surface area contributed by atoms with Gasteiger partial charge in [-0.1, -0.05) is 83.3 Å². The number of hydrogen-bond acceptors (Lipinski definition) is 4. The average Bonchev–Trinajstić information content (AvgIpc) is 2.97. The lowest BCUT2D eigenvalue weighted by Crippen LogP contribution is -2.15. The van der Waals surface area contributed by atoms with E-state index in [1.165, 1.54) is 64.2 Å². The largest absolute Gasteiger partial charge is 0.494 e. The second kappa shape index (κ2) is 17.5. The van der Waals surface area contributed by atoms with Crippen molar-refractivity contribution in [1.82, 2.24) is 0 Å². The molecule has 0 heterocycles. The Morgan fingerprint density at radius 1 is 0.949 bits per heavy atom. The topological polar surface area (TPSA) is 59.3 Å². The second-order valence-electron chi connectivity index (χ2n) is 11.1. The van der Waals surface area contributed by atoms with Crippen molar-refractivity contribution in [3.8, 4) is 17.6 Å². The fourth-order valence-electron chi connectivity index (χ4n) is 5.55. The summed E-state index contributed by atoms with van der Waals surface area (Å²) in [6.07, 6.45) is 20.5. The maximum Gasteiger partial charge on any atom is 0.343 e. The van der Waals surface area contributed by atoms with Gasteiger partial charge in [-0.2, -0.15) is 5.26 Å². The molecular formula is C35H47NO3. The summed E-state index contributed by atoms with van der Waals surface area (Å²) >= 11 is 0. The zero-order valence-corrected chi connectivity index (χ0v) is 24.0. The van der Waals surface area contributed by atoms with Crippen molar-refractivity contribution < 1.29 is 14.3 Å². The molecule has 0 atom stereocenters. The molecule has 1 fully saturated rings. The summed E-state index contributed by atoms with van der Waals surface area (Å²) in [5.74, 6) is 2.30. The number of nitriles is 1. The molecule has 0 aliphatic heterocycles. The Morgan fingerprint density at radius 3 is 2.36 bits per heavy atom. The highest BCUT2D eigenvalue weighted by atomic mass is 16.5. The van der Waals surface area contributed by atoms with Crippen molar-refractivity contribution in [2.75, 3.05) is 6.61 Å². The number of rotatable bonds is 17. The minimum atomic E-state index is -0.469. The van der Waals surface area contributed by atoms with Crippen molar-refractivity contribution in [2.24, 2.45) is 11.8 Å². The van der Waals surface area contributed by atoms with E-state index in [-0.39, 0.29) is 0 Å². The van der Waals surface area contributed by atoms with E-state index >= 15 is 0 Å². The van der Waals surface area contributed by atoms with Crippen LogP contribution in [0.3, 0.4) is 0 Å². The van der Waals surface area contributed by atoms with Crippen LogP contribution in [0.5, 0.6) is 11.5 Å². The highest BCUT2D eigenvalue weighted by molar-refractivity contribution is 5.91. The number of esters is 1. The molecule has 0 spiro atoms. The number of nitrogens with zero attached hydrogens (tertiary/aromatic N) is 1. The van der Waals surface area contributed by atoms with Crippen LogP contribution in [0.15, 0.2) is 55.1 Å². The van der Waals surface area contributed by atoms with Crippen LogP contribution >= 0.6 is 0 Å². The minimum absolute atomic E-state index is 0.315. The lowest BCUT2D eigenvalue weighted by Gasteiger charge is -2.28. The predicted molar refractivity (Wildman–Crippen MR) is 159 cm³/mol. The van der Waals surface area contributed by atoms with E-state index in [0.29, 0.717) is 23.5 Å². The zero-order valence-electron chi connectivity index (χ0n) is 24.0. The van der Waals surface area contributed by atoms with Gasteiger partial charge in [0.05, 0.1) is 17.7 Å². The highest BCUT2D eigenvalue weighted by Gasteiger charge is 2.21. The molecule has 210 valence electrons. The van der Waals surface area contributed by atoms with Gasteiger partial charge in [-0.05, 0) is 85.9 Å². The molecule has 0 unspecified atom stereocenters. The molecule has 4 heteroatoms. The number of allylic oxidation sites excluding steroid dienone is 1. The summed E-state index contributed by atoms with van der Waals surface area (Å²) in [7, 11) is 0. The molecule has 2 aromatic carbocycles. The van der Waals surface area contributed by atoms with Gasteiger partial charge in [-0.3, -0.25) is 0 Å². The van der Waals surface area contributed by atoms with E-state index in [1.807, 2.05) is 18.2 Å². The van der Waals surface area contributed by atoms with Gasteiger partial charge < -0.3 is 9.47 Å². The molecule has 39 heavy (non-hydrogen) atoms. The summed E-state index contributed by atoms with van der Waals surface area (Å²) in [5.41, 5.74) is 1.98. The molecule has 2 aromatic rings. The first-order valence-corrected chi connectivity index (χ1v) is 15.2. The van der Waals surface area contributed by atoms with Crippen LogP contribution in [0.25, 0.3) is 0 Å². The quantitative estimate of drug-likeness (QED) is 0.0886. The van der Waals surface area contributed by atoms with Crippen LogP contribution in [0.2, 0.25) is 0 Å². The summed E-state index contributed by atoms with van der Waals surface area (Å²) in [4.78, 5) is 12.7. The average molecular weight is 530 g/mol. The van der Waals surface area contributed by atoms with E-state index in [2.05, 4.69) is 19.6 Å². The molecule has 0 radical (unpaired) electrons. The van der Waals surface area contributed by atoms with Gasteiger partial charge in [0.2, 0.25) is 0 Å². The maximum absolute atomic E-state index is 12.7. The number of aryl methyl sites for hydroxylation is 1. The van der Waals surface area contributed by atoms with Crippen LogP contribution < -0.4 is 9.47 Å². The van der Waals surface area contributed by atoms with Crippen molar-refractivity contribution in [3.63, 3.8) is 0 Å². The summed E-state index contributed by atoms with van der Waals surface area (Å²) < 4.78 is 11.4. The van der Waals surface area contributed by atoms with E-state index in [9.17, 15) is 10.1 Å². The standard InChI is InChI=1S/C35H47NO3/c1-3-5-7-8-9-11-25-38-33-22-20-31(21-23-33)35(37)39-34-24-19-30(26-32(34)27-36)18-17-29-15-13-28(14-16-29)12-10-6-4-2/h3,19-24,26,28-29H,1,4-18,25H2,2H3/t28-,29-. The second-order valence-corrected chi connectivity index (χ2v) is 11.1. The minimum Gasteiger partial charge on any atom is -0.494 e. The van der Waals surface area contributed by atoms with Gasteiger partial charge in [-0.25, -0.2) is 4.79 Å². The third kappa shape index (κ3) is 10.9. The molecule has 0 amide bonds. The monoisotopic (exact) mass is 529 g/mol. The fourth-order valence-corrected chi connectivity index (χ4v) is 5.55. The molecule has 0 aromatic heterocycles. The van der Waals surface area contributed by atoms with Crippen molar-refractivity contribution in [2.45, 2.75) is 103 Å². The SMILES string of the molecule is C=CCCCCCCOc1ccc(C(=O)Oc2ccc(CC[C@H]3CC[C@H](CCCCC)CC3)cc2C#N)cc1. The van der Waals surface area contributed by atoms with Crippen molar-refractivity contribution >= 4 is 5.97 Å². The van der Waals surface area contributed by atoms with Gasteiger partial charge in [0.25, 0.3) is 0 Å². The van der Waals surface area contributed by atoms with Gasteiger partial charge in [-0.15, -0.1) is 6.58 Å². The molecule has 0 saturated heterocycles. The first-order valence-electron chi connectivity index (χ1n) is 15.2. The van der Waals surface area contributed by atoms with Crippen LogP contribution in [-0.2, 0) is 6.42 Å². The van der Waals surface area contributed by atoms with Crippen LogP contribution in [0.4, 0.5) is 0 Å². The first-order chi connectivity index (χ1) is 19.1. The number of benzene rings is 2. The molecule has 0 bridgehead atoms. The van der Waals surface area contributed by atoms with E-state index < -0.39 is 5.97 Å². The Bertz CT molecular complexity index is 1040. The summed E-state index contributed by atoms with van der Waals surface area (Å²) in [5, 5.41) is 9.70. The van der Waals surface area contributed by atoms with Gasteiger partial charge in [0.1, 0.15) is 17.6 Å². The van der Waals surface area contributed by atoms with Crippen LogP contribution in [-0.4, -0.2) is 12.6 Å². The fraction of sp³-hybridized carbons (Fsp3) is 0.543. The summed E-state index contributed by atoms with van der Waals surface area (Å²) in [6, 6.07) is 14.9. The number of unbranched alkanes of at least 4 members (excludes halogenated alkanes) is 6. The molecular weight excluding hydrogens is 482 g/mol. The highest BCUT2D eigenvalue weighted by Crippen LogP contribution is 2.34. The number of carbonyl (C=O) groups is 1. The molecule has 1 saturated carbocycles. The molecule has 1 aliphatic carbocycles. The van der Waals surface area contributed by atoms with Crippen molar-refractivity contribution in [3.05, 3.63) is 71.8 Å². The normalized spacial score (nSPS) is 16.8. The van der Waals surface area contributed by atoms with Gasteiger partial charge in [0, 0.05) is 0 Å². The maximum atomic E-state index is 12.7. The Morgan fingerprint density at radius 2 is 1.67 bits per heavy atom. The smallest absolute Gasteiger partial charge is 0.343 e. The Kier molecular flexibility index (Phi) is 13.7. The lowest BCUT2D eigenvalue weighted by molar-refractivity contribution is 0.0734. The van der Waals surface area contributed by atoms with E-state index in [1.54, 1.807) is 30.3 Å². The van der Waals surface area contributed by atoms with E-state index in [4.69, 9.17) is 9.47 Å². The predicted octanol–water partition coefficient (Wildman–Crippen LogP) is 9.61. The lowest BCUT2D eigenvalue weighted by atomic mass is 9.78. The van der Waals surface area contributed by atoms with E-state index in [0.717, 1.165) is 55.3 Å². The molecule has 0 N–H and O–H groups in total. The number of hydrogen-bond donors (Lipinski definition) is 0. The van der Waals surface area contributed by atoms with Crippen LogP contribution in [0.1, 0.15) is 118 Å². The number of ether oxygens (including phenoxy) is 2. The molecule has 3 rings (SSSR count). The molecule has 1 aliphatic rings. The Balaban J connectivity index is 1.42. The van der Waals surface area contributed by atoms with Gasteiger partial charge >= 0.3 is 5.97 Å².